The van der Waals surface area contributed by atoms with E-state index < -0.39 is 10.9 Å². The van der Waals surface area contributed by atoms with E-state index in [0.29, 0.717) is 10.0 Å². The Hall–Kier alpha value is -2.77. The second kappa shape index (κ2) is 7.00. The number of halogens is 1. The zero-order valence-corrected chi connectivity index (χ0v) is 14.5. The molecule has 0 amide bonds. The van der Waals surface area contributed by atoms with Crippen LogP contribution in [0.2, 0.25) is 5.15 Å². The monoisotopic (exact) mass is 374 g/mol. The summed E-state index contributed by atoms with van der Waals surface area (Å²) in [6, 6.07) is 10.3. The Morgan fingerprint density at radius 1 is 1.28 bits per heavy atom. The lowest BCUT2D eigenvalue weighted by atomic mass is 10.1. The third kappa shape index (κ3) is 3.67. The molecule has 0 aliphatic heterocycles. The first-order valence-corrected chi connectivity index (χ1v) is 8.28. The fraction of sp³-hybridized carbons (Fsp3) is 0.0588. The molecule has 0 spiro atoms. The zero-order chi connectivity index (χ0) is 18.0. The van der Waals surface area contributed by atoms with Gasteiger partial charge in [0.1, 0.15) is 14.9 Å². The lowest BCUT2D eigenvalue weighted by molar-refractivity contribution is -0.384. The minimum atomic E-state index is -0.596. The van der Waals surface area contributed by atoms with Crippen molar-refractivity contribution in [1.29, 1.82) is 0 Å². The lowest BCUT2D eigenvalue weighted by Crippen LogP contribution is -1.97. The van der Waals surface area contributed by atoms with Crippen LogP contribution in [0.4, 0.5) is 5.69 Å². The maximum absolute atomic E-state index is 11.6. The Kier molecular flexibility index (Phi) is 4.78. The van der Waals surface area contributed by atoms with E-state index in [1.165, 1.54) is 13.2 Å². The summed E-state index contributed by atoms with van der Waals surface area (Å²) >= 11 is 6.87. The van der Waals surface area contributed by atoms with Crippen molar-refractivity contribution in [3.8, 4) is 0 Å². The number of carbonyl (C=O) groups excluding carboxylic acids is 1. The number of nitrogens with zero attached hydrogens (tertiary/aromatic N) is 2. The van der Waals surface area contributed by atoms with Crippen LogP contribution in [-0.2, 0) is 4.74 Å². The molecule has 0 bridgehead atoms. The van der Waals surface area contributed by atoms with Gasteiger partial charge < -0.3 is 4.74 Å². The number of hydrogen-bond donors (Lipinski definition) is 0. The molecule has 2 aromatic heterocycles. The van der Waals surface area contributed by atoms with Gasteiger partial charge in [-0.1, -0.05) is 23.7 Å². The van der Waals surface area contributed by atoms with Gasteiger partial charge in [0, 0.05) is 11.5 Å². The van der Waals surface area contributed by atoms with Crippen molar-refractivity contribution in [1.82, 2.24) is 4.98 Å². The Bertz CT molecular complexity index is 1010. The molecule has 2 heterocycles. The number of esters is 1. The number of thiophene rings is 1. The zero-order valence-electron chi connectivity index (χ0n) is 12.9. The van der Waals surface area contributed by atoms with Gasteiger partial charge in [-0.05, 0) is 35.9 Å². The first-order chi connectivity index (χ1) is 12.0. The normalized spacial score (nSPS) is 11.1. The smallest absolute Gasteiger partial charge is 0.348 e. The van der Waals surface area contributed by atoms with Crippen LogP contribution in [0, 0.1) is 10.1 Å². The molecule has 3 rings (SSSR count). The number of methoxy groups -OCH3 is 1. The quantitative estimate of drug-likeness (QED) is 0.283. The second-order valence-corrected chi connectivity index (χ2v) is 6.50. The van der Waals surface area contributed by atoms with Gasteiger partial charge in [-0.3, -0.25) is 10.1 Å². The first kappa shape index (κ1) is 17.1. The largest absolute Gasteiger partial charge is 0.465 e. The number of ether oxygens (including phenoxy) is 1. The van der Waals surface area contributed by atoms with Gasteiger partial charge in [0.05, 0.1) is 17.5 Å². The molecule has 3 aromatic rings. The number of nitro groups is 1. The number of aromatic nitrogens is 1. The summed E-state index contributed by atoms with van der Waals surface area (Å²) in [4.78, 5) is 27.0. The predicted octanol–water partition coefficient (Wildman–Crippen LogP) is 4.81. The molecule has 0 aliphatic rings. The molecule has 0 saturated carbocycles. The van der Waals surface area contributed by atoms with Crippen molar-refractivity contribution in [2.45, 2.75) is 0 Å². The predicted molar refractivity (Wildman–Crippen MR) is 98.0 cm³/mol. The molecule has 126 valence electrons. The highest BCUT2D eigenvalue weighted by Crippen LogP contribution is 2.31. The molecular weight excluding hydrogens is 364 g/mol. The van der Waals surface area contributed by atoms with Crippen LogP contribution < -0.4 is 0 Å². The van der Waals surface area contributed by atoms with Crippen LogP contribution in [0.15, 0.2) is 36.4 Å². The average Bonchev–Trinajstić information content (AvgIpc) is 3.03. The van der Waals surface area contributed by atoms with Gasteiger partial charge in [-0.2, -0.15) is 0 Å². The van der Waals surface area contributed by atoms with Gasteiger partial charge in [-0.15, -0.1) is 11.3 Å². The summed E-state index contributed by atoms with van der Waals surface area (Å²) in [7, 11) is 1.23. The van der Waals surface area contributed by atoms with Gasteiger partial charge >= 0.3 is 5.97 Å². The number of benzene rings is 1. The minimum Gasteiger partial charge on any atom is -0.465 e. The van der Waals surface area contributed by atoms with Crippen molar-refractivity contribution in [2.24, 2.45) is 0 Å². The number of pyridine rings is 1. The molecule has 0 N–H and O–H groups in total. The highest BCUT2D eigenvalue weighted by molar-refractivity contribution is 7.15. The maximum Gasteiger partial charge on any atom is 0.348 e. The van der Waals surface area contributed by atoms with E-state index in [1.54, 1.807) is 18.2 Å². The maximum atomic E-state index is 11.6. The molecule has 6 nitrogen and oxygen atoms in total. The number of hydrogen-bond acceptors (Lipinski definition) is 6. The van der Waals surface area contributed by atoms with Crippen LogP contribution in [0.5, 0.6) is 0 Å². The van der Waals surface area contributed by atoms with E-state index in [9.17, 15) is 14.9 Å². The highest BCUT2D eigenvalue weighted by atomic mass is 35.5. The molecule has 0 aliphatic carbocycles. The number of fused-ring (bicyclic) bond motifs is 1. The Labute approximate surface area is 151 Å². The third-order valence-electron chi connectivity index (χ3n) is 3.43. The van der Waals surface area contributed by atoms with Crippen LogP contribution in [0.25, 0.3) is 23.1 Å². The van der Waals surface area contributed by atoms with E-state index >= 15 is 0 Å². The molecule has 8 heteroatoms. The van der Waals surface area contributed by atoms with Gasteiger partial charge in [0.15, 0.2) is 0 Å². The van der Waals surface area contributed by atoms with Crippen molar-refractivity contribution in [2.75, 3.05) is 7.11 Å². The van der Waals surface area contributed by atoms with Crippen LogP contribution in [0.1, 0.15) is 20.1 Å². The van der Waals surface area contributed by atoms with E-state index in [2.05, 4.69) is 9.72 Å². The molecule has 0 saturated heterocycles. The van der Waals surface area contributed by atoms with Crippen molar-refractivity contribution < 1.29 is 14.5 Å². The van der Waals surface area contributed by atoms with E-state index in [0.717, 1.165) is 27.8 Å². The lowest BCUT2D eigenvalue weighted by Gasteiger charge is -1.99. The number of carbonyl (C=O) groups is 1. The van der Waals surface area contributed by atoms with Gasteiger partial charge in [0.25, 0.3) is 5.69 Å². The van der Waals surface area contributed by atoms with Crippen molar-refractivity contribution >= 4 is 57.6 Å². The Morgan fingerprint density at radius 3 is 2.80 bits per heavy atom. The molecule has 0 fully saturated rings. The van der Waals surface area contributed by atoms with E-state index in [1.807, 2.05) is 24.3 Å². The van der Waals surface area contributed by atoms with Crippen molar-refractivity contribution in [3.63, 3.8) is 0 Å². The third-order valence-corrected chi connectivity index (χ3v) is 4.71. The van der Waals surface area contributed by atoms with Gasteiger partial charge in [0.2, 0.25) is 0 Å². The first-order valence-electron chi connectivity index (χ1n) is 7.09. The Morgan fingerprint density at radius 2 is 2.08 bits per heavy atom. The van der Waals surface area contributed by atoms with Crippen LogP contribution in [-0.4, -0.2) is 23.0 Å². The SMILES string of the molecule is COC(=O)c1cc([N+](=O)[O-])c(/C=C/c2ccc3nc(Cl)ccc3c2)s1. The fourth-order valence-electron chi connectivity index (χ4n) is 2.25. The molecule has 25 heavy (non-hydrogen) atoms. The molecular formula is C17H11ClN2O4S. The molecule has 1 aromatic carbocycles. The topological polar surface area (TPSA) is 82.3 Å². The summed E-state index contributed by atoms with van der Waals surface area (Å²) in [6.07, 6.45) is 3.35. The van der Waals surface area contributed by atoms with Crippen molar-refractivity contribution in [3.05, 3.63) is 67.0 Å². The summed E-state index contributed by atoms with van der Waals surface area (Å²) in [5, 5.41) is 12.5. The summed E-state index contributed by atoms with van der Waals surface area (Å²) in [5.74, 6) is -0.596. The molecule has 0 unspecified atom stereocenters. The van der Waals surface area contributed by atoms with E-state index in [4.69, 9.17) is 11.6 Å². The second-order valence-electron chi connectivity index (χ2n) is 5.03. The van der Waals surface area contributed by atoms with Gasteiger partial charge in [-0.25, -0.2) is 9.78 Å². The summed E-state index contributed by atoms with van der Waals surface area (Å²) < 4.78 is 4.61. The van der Waals surface area contributed by atoms with Crippen LogP contribution in [0.3, 0.4) is 0 Å². The average molecular weight is 375 g/mol. The van der Waals surface area contributed by atoms with E-state index in [-0.39, 0.29) is 10.6 Å². The Balaban J connectivity index is 1.96. The number of rotatable bonds is 4. The summed E-state index contributed by atoms with van der Waals surface area (Å²) in [6.45, 7) is 0. The van der Waals surface area contributed by atoms with Crippen LogP contribution >= 0.6 is 22.9 Å². The fourth-order valence-corrected chi connectivity index (χ4v) is 3.36. The summed E-state index contributed by atoms with van der Waals surface area (Å²) in [5.41, 5.74) is 1.48. The minimum absolute atomic E-state index is 0.129. The molecule has 0 atom stereocenters. The molecule has 0 radical (unpaired) electrons. The highest BCUT2D eigenvalue weighted by Gasteiger charge is 2.21. The standard InChI is InChI=1S/C17H11ClN2O4S/c1-24-17(21)15-9-13(20(22)23)14(25-15)6-3-10-2-5-12-11(8-10)4-7-16(18)19-12/h2-9H,1H3/b6-3+.